The van der Waals surface area contributed by atoms with Crippen LogP contribution in [0.5, 0.6) is 0 Å². The summed E-state index contributed by atoms with van der Waals surface area (Å²) in [4.78, 5) is 23.6. The summed E-state index contributed by atoms with van der Waals surface area (Å²) in [6, 6.07) is 4.93. The lowest BCUT2D eigenvalue weighted by Crippen LogP contribution is -1.92. The molecule has 15 heavy (non-hydrogen) atoms. The summed E-state index contributed by atoms with van der Waals surface area (Å²) < 4.78 is 4.82. The third kappa shape index (κ3) is 1.96. The molecule has 2 aromatic rings. The van der Waals surface area contributed by atoms with Crippen LogP contribution in [0.1, 0.15) is 5.56 Å². The summed E-state index contributed by atoms with van der Waals surface area (Å²) in [7, 11) is 0. The smallest absolute Gasteiger partial charge is 0.417 e. The Labute approximate surface area is 83.6 Å². The first-order valence-electron chi connectivity index (χ1n) is 4.19. The monoisotopic (exact) mass is 205 g/mol. The van der Waals surface area contributed by atoms with Crippen molar-refractivity contribution in [3.8, 4) is 0 Å². The fourth-order valence-corrected chi connectivity index (χ4v) is 1.23. The maximum absolute atomic E-state index is 10.8. The van der Waals surface area contributed by atoms with Gasteiger partial charge in [0.25, 0.3) is 0 Å². The van der Waals surface area contributed by atoms with Crippen molar-refractivity contribution >= 4 is 23.1 Å². The second kappa shape index (κ2) is 3.45. The van der Waals surface area contributed by atoms with Gasteiger partial charge in [-0.3, -0.25) is 4.98 Å². The van der Waals surface area contributed by atoms with Crippen molar-refractivity contribution in [2.24, 2.45) is 0 Å². The molecule has 0 saturated carbocycles. The number of aromatic nitrogens is 1. The number of fused-ring (bicyclic) bond motifs is 1. The standard InChI is InChI=1S/C10H7NO4/c12-9(13)4-2-6-1-3-7-8(5-6)15-10(14)11-7/h1-5H,(H,11,14)(H,12,13)/b4-2+. The minimum Gasteiger partial charge on any atom is -0.478 e. The molecule has 0 aliphatic heterocycles. The lowest BCUT2D eigenvalue weighted by atomic mass is 10.2. The quantitative estimate of drug-likeness (QED) is 0.722. The molecule has 0 unspecified atom stereocenters. The highest BCUT2D eigenvalue weighted by Gasteiger charge is 2.00. The van der Waals surface area contributed by atoms with Crippen molar-refractivity contribution in [1.82, 2.24) is 4.98 Å². The van der Waals surface area contributed by atoms with Gasteiger partial charge in [0.15, 0.2) is 5.58 Å². The van der Waals surface area contributed by atoms with Crippen molar-refractivity contribution in [1.29, 1.82) is 0 Å². The number of benzene rings is 1. The maximum Gasteiger partial charge on any atom is 0.417 e. The summed E-state index contributed by atoms with van der Waals surface area (Å²) in [5.41, 5.74) is 1.66. The minimum absolute atomic E-state index is 0.410. The van der Waals surface area contributed by atoms with Crippen LogP contribution < -0.4 is 5.76 Å². The summed E-state index contributed by atoms with van der Waals surface area (Å²) in [6.07, 6.45) is 2.45. The summed E-state index contributed by atoms with van der Waals surface area (Å²) in [5.74, 6) is -1.55. The number of aromatic amines is 1. The second-order valence-corrected chi connectivity index (χ2v) is 2.94. The molecule has 0 radical (unpaired) electrons. The number of aliphatic carboxylic acids is 1. The van der Waals surface area contributed by atoms with E-state index >= 15 is 0 Å². The SMILES string of the molecule is O=C(O)/C=C/c1ccc2[nH]c(=O)oc2c1. The Bertz CT molecular complexity index is 591. The molecule has 0 spiro atoms. The van der Waals surface area contributed by atoms with Crippen LogP contribution in [0, 0.1) is 0 Å². The zero-order valence-corrected chi connectivity index (χ0v) is 7.56. The van der Waals surface area contributed by atoms with E-state index in [-0.39, 0.29) is 0 Å². The fraction of sp³-hybridized carbons (Fsp3) is 0. The number of carbonyl (C=O) groups is 1. The first-order valence-corrected chi connectivity index (χ1v) is 4.19. The average molecular weight is 205 g/mol. The van der Waals surface area contributed by atoms with Crippen LogP contribution >= 0.6 is 0 Å². The van der Waals surface area contributed by atoms with E-state index in [4.69, 9.17) is 9.52 Å². The van der Waals surface area contributed by atoms with E-state index in [0.29, 0.717) is 16.7 Å². The predicted molar refractivity (Wildman–Crippen MR) is 53.5 cm³/mol. The van der Waals surface area contributed by atoms with Crippen molar-refractivity contribution < 1.29 is 14.3 Å². The predicted octanol–water partition coefficient (Wildman–Crippen LogP) is 1.22. The molecule has 5 nitrogen and oxygen atoms in total. The lowest BCUT2D eigenvalue weighted by molar-refractivity contribution is -0.131. The highest BCUT2D eigenvalue weighted by Crippen LogP contribution is 2.13. The fourth-order valence-electron chi connectivity index (χ4n) is 1.23. The number of hydrogen-bond acceptors (Lipinski definition) is 3. The van der Waals surface area contributed by atoms with E-state index in [1.54, 1.807) is 18.2 Å². The Hall–Kier alpha value is -2.30. The molecule has 76 valence electrons. The Morgan fingerprint density at radius 3 is 3.00 bits per heavy atom. The molecule has 1 heterocycles. The number of carboxylic acids is 1. The zero-order chi connectivity index (χ0) is 10.8. The van der Waals surface area contributed by atoms with Crippen LogP contribution in [0.4, 0.5) is 0 Å². The van der Waals surface area contributed by atoms with Crippen molar-refractivity contribution in [2.45, 2.75) is 0 Å². The summed E-state index contributed by atoms with van der Waals surface area (Å²) >= 11 is 0. The number of carboxylic acid groups (broad SMARTS) is 1. The maximum atomic E-state index is 10.8. The minimum atomic E-state index is -1.02. The largest absolute Gasteiger partial charge is 0.478 e. The van der Waals surface area contributed by atoms with Gasteiger partial charge in [0.1, 0.15) is 0 Å². The van der Waals surface area contributed by atoms with Gasteiger partial charge < -0.3 is 9.52 Å². The molecule has 1 aromatic carbocycles. The lowest BCUT2D eigenvalue weighted by Gasteiger charge is -1.91. The molecule has 1 aromatic heterocycles. The Balaban J connectivity index is 2.46. The van der Waals surface area contributed by atoms with Gasteiger partial charge in [-0.15, -0.1) is 0 Å². The normalized spacial score (nSPS) is 11.2. The number of hydrogen-bond donors (Lipinski definition) is 2. The number of rotatable bonds is 2. The number of nitrogens with one attached hydrogen (secondary N) is 1. The van der Waals surface area contributed by atoms with Gasteiger partial charge in [0.2, 0.25) is 0 Å². The Morgan fingerprint density at radius 2 is 2.27 bits per heavy atom. The van der Waals surface area contributed by atoms with Gasteiger partial charge in [0.05, 0.1) is 5.52 Å². The Morgan fingerprint density at radius 1 is 1.47 bits per heavy atom. The van der Waals surface area contributed by atoms with Crippen molar-refractivity contribution in [3.63, 3.8) is 0 Å². The van der Waals surface area contributed by atoms with Crippen LogP contribution in [0.2, 0.25) is 0 Å². The molecule has 2 N–H and O–H groups in total. The zero-order valence-electron chi connectivity index (χ0n) is 7.56. The number of oxazole rings is 1. The topological polar surface area (TPSA) is 83.3 Å². The molecule has 0 bridgehead atoms. The first-order chi connectivity index (χ1) is 7.15. The number of H-pyrrole nitrogens is 1. The molecule has 0 saturated heterocycles. The van der Waals surface area contributed by atoms with Gasteiger partial charge in [-0.05, 0) is 23.8 Å². The highest BCUT2D eigenvalue weighted by molar-refractivity contribution is 5.86. The van der Waals surface area contributed by atoms with Crippen LogP contribution in [-0.2, 0) is 4.79 Å². The molecule has 0 amide bonds. The van der Waals surface area contributed by atoms with Crippen molar-refractivity contribution in [2.75, 3.05) is 0 Å². The van der Waals surface area contributed by atoms with E-state index < -0.39 is 11.7 Å². The van der Waals surface area contributed by atoms with E-state index in [9.17, 15) is 9.59 Å². The summed E-state index contributed by atoms with van der Waals surface area (Å²) in [6.45, 7) is 0. The van der Waals surface area contributed by atoms with Crippen LogP contribution in [0.3, 0.4) is 0 Å². The van der Waals surface area contributed by atoms with Crippen LogP contribution in [0.25, 0.3) is 17.2 Å². The third-order valence-corrected chi connectivity index (χ3v) is 1.86. The molecular weight excluding hydrogens is 198 g/mol. The molecule has 0 atom stereocenters. The van der Waals surface area contributed by atoms with E-state index in [1.807, 2.05) is 0 Å². The van der Waals surface area contributed by atoms with Crippen LogP contribution in [0.15, 0.2) is 33.5 Å². The van der Waals surface area contributed by atoms with Gasteiger partial charge in [-0.2, -0.15) is 0 Å². The highest BCUT2D eigenvalue weighted by atomic mass is 16.4. The molecular formula is C10H7NO4. The molecule has 0 aliphatic carbocycles. The molecule has 0 fully saturated rings. The van der Waals surface area contributed by atoms with Crippen LogP contribution in [-0.4, -0.2) is 16.1 Å². The van der Waals surface area contributed by atoms with Gasteiger partial charge in [0, 0.05) is 6.08 Å². The third-order valence-electron chi connectivity index (χ3n) is 1.86. The van der Waals surface area contributed by atoms with Crippen molar-refractivity contribution in [3.05, 3.63) is 40.4 Å². The Kier molecular flexibility index (Phi) is 2.13. The van der Waals surface area contributed by atoms with Gasteiger partial charge >= 0.3 is 11.7 Å². The first kappa shape index (κ1) is 9.26. The van der Waals surface area contributed by atoms with E-state index in [1.165, 1.54) is 6.08 Å². The van der Waals surface area contributed by atoms with Gasteiger partial charge in [-0.25, -0.2) is 9.59 Å². The molecule has 2 rings (SSSR count). The molecule has 5 heteroatoms. The van der Waals surface area contributed by atoms with E-state index in [2.05, 4.69) is 4.98 Å². The molecule has 0 aliphatic rings. The second-order valence-electron chi connectivity index (χ2n) is 2.94. The average Bonchev–Trinajstić information content (AvgIpc) is 2.53. The summed E-state index contributed by atoms with van der Waals surface area (Å²) in [5, 5.41) is 8.43. The van der Waals surface area contributed by atoms with E-state index in [0.717, 1.165) is 6.08 Å². The van der Waals surface area contributed by atoms with Gasteiger partial charge in [-0.1, -0.05) is 6.07 Å².